The molecular formula is C15H25N3O. The molecule has 19 heavy (non-hydrogen) atoms. The molecule has 4 nitrogen and oxygen atoms in total. The SMILES string of the molecule is CCNc1cccc(CN(C)CC2CCCCO2)n1. The molecule has 0 aliphatic carbocycles. The first kappa shape index (κ1) is 14.3. The predicted octanol–water partition coefficient (Wildman–Crippen LogP) is 2.51. The average molecular weight is 263 g/mol. The van der Waals surface area contributed by atoms with E-state index in [9.17, 15) is 0 Å². The highest BCUT2D eigenvalue weighted by Crippen LogP contribution is 2.14. The summed E-state index contributed by atoms with van der Waals surface area (Å²) < 4.78 is 5.77. The molecule has 0 bridgehead atoms. The first-order valence-corrected chi connectivity index (χ1v) is 7.28. The summed E-state index contributed by atoms with van der Waals surface area (Å²) in [5.41, 5.74) is 1.11. The summed E-state index contributed by atoms with van der Waals surface area (Å²) in [4.78, 5) is 6.90. The Kier molecular flexibility index (Phi) is 5.61. The van der Waals surface area contributed by atoms with Gasteiger partial charge in [0.1, 0.15) is 5.82 Å². The van der Waals surface area contributed by atoms with E-state index in [1.807, 2.05) is 6.07 Å². The van der Waals surface area contributed by atoms with Crippen LogP contribution in [0.25, 0.3) is 0 Å². The molecule has 1 aliphatic rings. The van der Waals surface area contributed by atoms with Crippen LogP contribution in [0.2, 0.25) is 0 Å². The van der Waals surface area contributed by atoms with Gasteiger partial charge in [-0.2, -0.15) is 0 Å². The number of pyridine rings is 1. The van der Waals surface area contributed by atoms with Crippen LogP contribution in [0.3, 0.4) is 0 Å². The van der Waals surface area contributed by atoms with E-state index in [0.717, 1.165) is 37.8 Å². The van der Waals surface area contributed by atoms with Gasteiger partial charge in [0.05, 0.1) is 11.8 Å². The predicted molar refractivity (Wildman–Crippen MR) is 78.3 cm³/mol. The molecule has 0 saturated carbocycles. The fraction of sp³-hybridized carbons (Fsp3) is 0.667. The third-order valence-electron chi connectivity index (χ3n) is 3.39. The van der Waals surface area contributed by atoms with Crippen LogP contribution in [0.5, 0.6) is 0 Å². The second-order valence-electron chi connectivity index (χ2n) is 5.23. The van der Waals surface area contributed by atoms with Gasteiger partial charge in [0.2, 0.25) is 0 Å². The highest BCUT2D eigenvalue weighted by atomic mass is 16.5. The number of hydrogen-bond acceptors (Lipinski definition) is 4. The maximum Gasteiger partial charge on any atom is 0.126 e. The smallest absolute Gasteiger partial charge is 0.126 e. The Hall–Kier alpha value is -1.13. The van der Waals surface area contributed by atoms with E-state index < -0.39 is 0 Å². The van der Waals surface area contributed by atoms with Gasteiger partial charge in [0.15, 0.2) is 0 Å². The van der Waals surface area contributed by atoms with Gasteiger partial charge < -0.3 is 10.1 Å². The van der Waals surface area contributed by atoms with Crippen LogP contribution in [0.1, 0.15) is 31.9 Å². The van der Waals surface area contributed by atoms with E-state index in [2.05, 4.69) is 41.3 Å². The van der Waals surface area contributed by atoms with Crippen molar-refractivity contribution in [2.75, 3.05) is 32.1 Å². The topological polar surface area (TPSA) is 37.4 Å². The second-order valence-corrected chi connectivity index (χ2v) is 5.23. The van der Waals surface area contributed by atoms with E-state index in [4.69, 9.17) is 4.74 Å². The van der Waals surface area contributed by atoms with Crippen molar-refractivity contribution in [3.63, 3.8) is 0 Å². The van der Waals surface area contributed by atoms with Gasteiger partial charge in [-0.25, -0.2) is 4.98 Å². The van der Waals surface area contributed by atoms with E-state index >= 15 is 0 Å². The van der Waals surface area contributed by atoms with Gasteiger partial charge >= 0.3 is 0 Å². The Morgan fingerprint density at radius 3 is 3.05 bits per heavy atom. The Balaban J connectivity index is 1.83. The van der Waals surface area contributed by atoms with Crippen LogP contribution < -0.4 is 5.32 Å². The number of nitrogens with one attached hydrogen (secondary N) is 1. The summed E-state index contributed by atoms with van der Waals surface area (Å²) in [5, 5.41) is 3.25. The van der Waals surface area contributed by atoms with Gasteiger partial charge in [-0.1, -0.05) is 6.07 Å². The maximum absolute atomic E-state index is 5.77. The van der Waals surface area contributed by atoms with Crippen LogP contribution in [0, 0.1) is 0 Å². The number of nitrogens with zero attached hydrogens (tertiary/aromatic N) is 2. The van der Waals surface area contributed by atoms with Crippen molar-refractivity contribution >= 4 is 5.82 Å². The van der Waals surface area contributed by atoms with E-state index in [0.29, 0.717) is 6.10 Å². The number of hydrogen-bond donors (Lipinski definition) is 1. The Bertz CT molecular complexity index is 377. The van der Waals surface area contributed by atoms with Gasteiger partial charge in [-0.15, -0.1) is 0 Å². The number of likely N-dealkylation sites (N-methyl/N-ethyl adjacent to an activating group) is 1. The molecule has 1 aromatic rings. The molecule has 0 radical (unpaired) electrons. The third-order valence-corrected chi connectivity index (χ3v) is 3.39. The quantitative estimate of drug-likeness (QED) is 0.856. The third kappa shape index (κ3) is 4.80. The lowest BCUT2D eigenvalue weighted by molar-refractivity contribution is -0.00273. The molecule has 1 aliphatic heterocycles. The summed E-state index contributed by atoms with van der Waals surface area (Å²) >= 11 is 0. The molecule has 2 rings (SSSR count). The molecule has 2 heterocycles. The summed E-state index contributed by atoms with van der Waals surface area (Å²) in [5.74, 6) is 0.960. The van der Waals surface area contributed by atoms with Crippen LogP contribution >= 0.6 is 0 Å². The minimum absolute atomic E-state index is 0.399. The molecular weight excluding hydrogens is 238 g/mol. The van der Waals surface area contributed by atoms with Gasteiger partial charge in [-0.05, 0) is 45.4 Å². The van der Waals surface area contributed by atoms with E-state index in [1.54, 1.807) is 0 Å². The van der Waals surface area contributed by atoms with E-state index in [-0.39, 0.29) is 0 Å². The number of anilines is 1. The summed E-state index contributed by atoms with van der Waals surface area (Å²) in [7, 11) is 2.14. The standard InChI is InChI=1S/C15H25N3O/c1-3-16-15-9-6-7-13(17-15)11-18(2)12-14-8-4-5-10-19-14/h6-7,9,14H,3-5,8,10-12H2,1-2H3,(H,16,17). The minimum Gasteiger partial charge on any atom is -0.377 e. The largest absolute Gasteiger partial charge is 0.377 e. The molecule has 1 fully saturated rings. The molecule has 4 heteroatoms. The van der Waals surface area contributed by atoms with Crippen molar-refractivity contribution in [3.8, 4) is 0 Å². The molecule has 1 unspecified atom stereocenters. The Labute approximate surface area is 116 Å². The van der Waals surface area contributed by atoms with Crippen LogP contribution in [0.15, 0.2) is 18.2 Å². The lowest BCUT2D eigenvalue weighted by atomic mass is 10.1. The minimum atomic E-state index is 0.399. The normalized spacial score (nSPS) is 19.6. The van der Waals surface area contributed by atoms with Crippen LogP contribution in [0.4, 0.5) is 5.82 Å². The van der Waals surface area contributed by atoms with Crippen LogP contribution in [-0.2, 0) is 11.3 Å². The zero-order valence-electron chi connectivity index (χ0n) is 12.1. The fourth-order valence-electron chi connectivity index (χ4n) is 2.49. The van der Waals surface area contributed by atoms with Gasteiger partial charge in [0, 0.05) is 26.2 Å². The van der Waals surface area contributed by atoms with Crippen molar-refractivity contribution in [3.05, 3.63) is 23.9 Å². The highest BCUT2D eigenvalue weighted by molar-refractivity contribution is 5.34. The first-order chi connectivity index (χ1) is 9.28. The van der Waals surface area contributed by atoms with Crippen molar-refractivity contribution in [2.45, 2.75) is 38.8 Å². The molecule has 1 aromatic heterocycles. The Morgan fingerprint density at radius 1 is 1.42 bits per heavy atom. The zero-order valence-corrected chi connectivity index (χ0v) is 12.1. The second kappa shape index (κ2) is 7.46. The molecule has 0 aromatic carbocycles. The van der Waals surface area contributed by atoms with E-state index in [1.165, 1.54) is 19.3 Å². The maximum atomic E-state index is 5.77. The van der Waals surface area contributed by atoms with Gasteiger partial charge in [-0.3, -0.25) is 4.90 Å². The molecule has 1 N–H and O–H groups in total. The van der Waals surface area contributed by atoms with Gasteiger partial charge in [0.25, 0.3) is 0 Å². The fourth-order valence-corrected chi connectivity index (χ4v) is 2.49. The van der Waals surface area contributed by atoms with Crippen molar-refractivity contribution < 1.29 is 4.74 Å². The first-order valence-electron chi connectivity index (χ1n) is 7.28. The molecule has 106 valence electrons. The van der Waals surface area contributed by atoms with Crippen molar-refractivity contribution in [1.82, 2.24) is 9.88 Å². The Morgan fingerprint density at radius 2 is 2.32 bits per heavy atom. The zero-order chi connectivity index (χ0) is 13.5. The molecule has 0 amide bonds. The lowest BCUT2D eigenvalue weighted by Crippen LogP contribution is -2.33. The lowest BCUT2D eigenvalue weighted by Gasteiger charge is -2.27. The number of rotatable bonds is 6. The monoisotopic (exact) mass is 263 g/mol. The summed E-state index contributed by atoms with van der Waals surface area (Å²) in [6, 6.07) is 6.15. The van der Waals surface area contributed by atoms with Crippen LogP contribution in [-0.4, -0.2) is 42.7 Å². The molecule has 1 atom stereocenters. The highest BCUT2D eigenvalue weighted by Gasteiger charge is 2.16. The number of ether oxygens (including phenoxy) is 1. The molecule has 1 saturated heterocycles. The summed E-state index contributed by atoms with van der Waals surface area (Å²) in [6.07, 6.45) is 4.10. The van der Waals surface area contributed by atoms with Crippen molar-refractivity contribution in [2.24, 2.45) is 0 Å². The average Bonchev–Trinajstić information content (AvgIpc) is 2.40. The van der Waals surface area contributed by atoms with Crippen molar-refractivity contribution in [1.29, 1.82) is 0 Å². The summed E-state index contributed by atoms with van der Waals surface area (Å²) in [6.45, 7) is 5.78. The number of aromatic nitrogens is 1. The molecule has 0 spiro atoms.